The predicted molar refractivity (Wildman–Crippen MR) is 115 cm³/mol. The van der Waals surface area contributed by atoms with Crippen molar-refractivity contribution in [2.75, 3.05) is 44.2 Å². The second kappa shape index (κ2) is 8.91. The molecule has 1 atom stereocenters. The maximum Gasteiger partial charge on any atom is 0.410 e. The third kappa shape index (κ3) is 5.54. The molecule has 1 amide bonds. The first-order valence-corrected chi connectivity index (χ1v) is 10.9. The van der Waals surface area contributed by atoms with E-state index in [2.05, 4.69) is 28.9 Å². The fourth-order valence-corrected chi connectivity index (χ4v) is 4.17. The largest absolute Gasteiger partial charge is 0.444 e. The van der Waals surface area contributed by atoms with Crippen LogP contribution in [0.3, 0.4) is 0 Å². The van der Waals surface area contributed by atoms with E-state index in [1.54, 1.807) is 0 Å². The van der Waals surface area contributed by atoms with Gasteiger partial charge in [0, 0.05) is 56.5 Å². The molecule has 3 rings (SSSR count). The molecule has 6 heteroatoms. The lowest BCUT2D eigenvalue weighted by Crippen LogP contribution is -2.49. The first-order valence-electron chi connectivity index (χ1n) is 10.5. The van der Waals surface area contributed by atoms with Gasteiger partial charge in [0.15, 0.2) is 0 Å². The molecule has 2 aliphatic heterocycles. The van der Waals surface area contributed by atoms with Gasteiger partial charge in [-0.15, -0.1) is 0 Å². The molecule has 156 valence electrons. The monoisotopic (exact) mass is 407 g/mol. The zero-order valence-corrected chi connectivity index (χ0v) is 18.5. The van der Waals surface area contributed by atoms with Gasteiger partial charge in [0.1, 0.15) is 5.60 Å². The molecule has 2 saturated heterocycles. The Balaban J connectivity index is 1.60. The van der Waals surface area contributed by atoms with E-state index in [0.29, 0.717) is 13.1 Å². The van der Waals surface area contributed by atoms with Crippen LogP contribution in [0, 0.1) is 5.92 Å². The zero-order valence-electron chi connectivity index (χ0n) is 17.7. The van der Waals surface area contributed by atoms with E-state index in [1.165, 1.54) is 24.1 Å². The van der Waals surface area contributed by atoms with Crippen LogP contribution in [0.15, 0.2) is 18.2 Å². The summed E-state index contributed by atoms with van der Waals surface area (Å²) in [5, 5.41) is 0.799. The van der Waals surface area contributed by atoms with Gasteiger partial charge in [0.2, 0.25) is 0 Å². The first kappa shape index (κ1) is 21.3. The molecule has 1 aromatic carbocycles. The van der Waals surface area contributed by atoms with E-state index in [4.69, 9.17) is 16.3 Å². The van der Waals surface area contributed by atoms with Gasteiger partial charge >= 0.3 is 6.09 Å². The van der Waals surface area contributed by atoms with Crippen LogP contribution in [0.4, 0.5) is 10.5 Å². The fraction of sp³-hybridized carbons (Fsp3) is 0.682. The minimum Gasteiger partial charge on any atom is -0.444 e. The Morgan fingerprint density at radius 2 is 1.89 bits per heavy atom. The average Bonchev–Trinajstić information content (AvgIpc) is 3.11. The lowest BCUT2D eigenvalue weighted by Gasteiger charge is -2.36. The van der Waals surface area contributed by atoms with E-state index < -0.39 is 5.60 Å². The van der Waals surface area contributed by atoms with Gasteiger partial charge in [-0.3, -0.25) is 4.90 Å². The third-order valence-electron chi connectivity index (χ3n) is 5.67. The van der Waals surface area contributed by atoms with Gasteiger partial charge in [-0.2, -0.15) is 0 Å². The van der Waals surface area contributed by atoms with Crippen molar-refractivity contribution in [3.05, 3.63) is 28.8 Å². The van der Waals surface area contributed by atoms with E-state index >= 15 is 0 Å². The molecule has 2 aliphatic rings. The summed E-state index contributed by atoms with van der Waals surface area (Å²) >= 11 is 6.32. The number of nitrogens with zero attached hydrogens (tertiary/aromatic N) is 3. The van der Waals surface area contributed by atoms with Crippen molar-refractivity contribution in [2.24, 2.45) is 5.92 Å². The van der Waals surface area contributed by atoms with Crippen LogP contribution in [0.2, 0.25) is 5.02 Å². The average molecular weight is 408 g/mol. The molecule has 0 radical (unpaired) electrons. The SMILES string of the molecule is CC[C@H]1CCN(c2cc(Cl)ccc2CN2CCN(C(=O)OC(C)(C)C)CC2)C1. The van der Waals surface area contributed by atoms with Crippen LogP contribution >= 0.6 is 11.6 Å². The van der Waals surface area contributed by atoms with Gasteiger partial charge in [-0.1, -0.05) is 31.0 Å². The summed E-state index contributed by atoms with van der Waals surface area (Å²) < 4.78 is 5.50. The Labute approximate surface area is 174 Å². The maximum atomic E-state index is 12.3. The van der Waals surface area contributed by atoms with Crippen molar-refractivity contribution in [3.63, 3.8) is 0 Å². The number of hydrogen-bond donors (Lipinski definition) is 0. The highest BCUT2D eigenvalue weighted by Gasteiger charge is 2.27. The highest BCUT2D eigenvalue weighted by atomic mass is 35.5. The van der Waals surface area contributed by atoms with Crippen molar-refractivity contribution in [1.29, 1.82) is 0 Å². The molecule has 0 spiro atoms. The van der Waals surface area contributed by atoms with Crippen LogP contribution in [0.5, 0.6) is 0 Å². The molecule has 28 heavy (non-hydrogen) atoms. The molecule has 0 aliphatic carbocycles. The molecule has 2 heterocycles. The number of amides is 1. The Kier molecular flexibility index (Phi) is 6.77. The molecular weight excluding hydrogens is 374 g/mol. The van der Waals surface area contributed by atoms with Crippen LogP contribution in [-0.4, -0.2) is 60.8 Å². The topological polar surface area (TPSA) is 36.0 Å². The summed E-state index contributed by atoms with van der Waals surface area (Å²) in [5.41, 5.74) is 2.16. The standard InChI is InChI=1S/C22H34ClN3O2/c1-5-17-8-9-26(15-17)20-14-19(23)7-6-18(20)16-24-10-12-25(13-11-24)21(27)28-22(2,3)4/h6-7,14,17H,5,8-13,15-16H2,1-4H3/t17-/m0/s1. The highest BCUT2D eigenvalue weighted by Crippen LogP contribution is 2.31. The molecular formula is C22H34ClN3O2. The van der Waals surface area contributed by atoms with Gasteiger partial charge in [-0.25, -0.2) is 4.79 Å². The number of benzene rings is 1. The normalized spacial score (nSPS) is 21.2. The van der Waals surface area contributed by atoms with Gasteiger partial charge in [-0.05, 0) is 50.8 Å². The van der Waals surface area contributed by atoms with Gasteiger partial charge in [0.05, 0.1) is 0 Å². The molecule has 0 N–H and O–H groups in total. The van der Waals surface area contributed by atoms with Crippen molar-refractivity contribution in [1.82, 2.24) is 9.80 Å². The number of carbonyl (C=O) groups excluding carboxylic acids is 1. The lowest BCUT2D eigenvalue weighted by atomic mass is 10.1. The Morgan fingerprint density at radius 3 is 2.50 bits per heavy atom. The number of piperazine rings is 1. The molecule has 5 nitrogen and oxygen atoms in total. The van der Waals surface area contributed by atoms with Crippen molar-refractivity contribution < 1.29 is 9.53 Å². The fourth-order valence-electron chi connectivity index (χ4n) is 4.01. The van der Waals surface area contributed by atoms with Crippen LogP contribution in [0.1, 0.15) is 46.1 Å². The van der Waals surface area contributed by atoms with E-state index in [1.807, 2.05) is 31.7 Å². The highest BCUT2D eigenvalue weighted by molar-refractivity contribution is 6.30. The number of ether oxygens (including phenoxy) is 1. The van der Waals surface area contributed by atoms with E-state index in [0.717, 1.165) is 43.7 Å². The number of halogens is 1. The molecule has 0 aromatic heterocycles. The Bertz CT molecular complexity index is 681. The zero-order chi connectivity index (χ0) is 20.3. The lowest BCUT2D eigenvalue weighted by molar-refractivity contribution is 0.0139. The summed E-state index contributed by atoms with van der Waals surface area (Å²) in [4.78, 5) is 19.0. The van der Waals surface area contributed by atoms with Crippen LogP contribution in [-0.2, 0) is 11.3 Å². The second-order valence-corrected chi connectivity index (χ2v) is 9.46. The maximum absolute atomic E-state index is 12.3. The summed E-state index contributed by atoms with van der Waals surface area (Å²) in [7, 11) is 0. The first-order chi connectivity index (χ1) is 13.2. The van der Waals surface area contributed by atoms with Crippen molar-refractivity contribution >= 4 is 23.4 Å². The molecule has 1 aromatic rings. The summed E-state index contributed by atoms with van der Waals surface area (Å²) in [6.07, 6.45) is 2.29. The minimum atomic E-state index is -0.446. The minimum absolute atomic E-state index is 0.206. The summed E-state index contributed by atoms with van der Waals surface area (Å²) in [6.45, 7) is 14.3. The quantitative estimate of drug-likeness (QED) is 0.729. The van der Waals surface area contributed by atoms with E-state index in [9.17, 15) is 4.79 Å². The van der Waals surface area contributed by atoms with E-state index in [-0.39, 0.29) is 6.09 Å². The molecule has 0 unspecified atom stereocenters. The smallest absolute Gasteiger partial charge is 0.410 e. The molecule has 0 saturated carbocycles. The second-order valence-electron chi connectivity index (χ2n) is 9.03. The Morgan fingerprint density at radius 1 is 1.18 bits per heavy atom. The Hall–Kier alpha value is -1.46. The van der Waals surface area contributed by atoms with Gasteiger partial charge in [0.25, 0.3) is 0 Å². The number of hydrogen-bond acceptors (Lipinski definition) is 4. The third-order valence-corrected chi connectivity index (χ3v) is 5.90. The van der Waals surface area contributed by atoms with Crippen molar-refractivity contribution in [3.8, 4) is 0 Å². The number of rotatable bonds is 4. The molecule has 0 bridgehead atoms. The number of carbonyl (C=O) groups is 1. The van der Waals surface area contributed by atoms with Crippen LogP contribution < -0.4 is 4.90 Å². The summed E-state index contributed by atoms with van der Waals surface area (Å²) in [6, 6.07) is 6.27. The summed E-state index contributed by atoms with van der Waals surface area (Å²) in [5.74, 6) is 0.782. The predicted octanol–water partition coefficient (Wildman–Crippen LogP) is 4.63. The van der Waals surface area contributed by atoms with Crippen LogP contribution in [0.25, 0.3) is 0 Å². The van der Waals surface area contributed by atoms with Gasteiger partial charge < -0.3 is 14.5 Å². The number of anilines is 1. The molecule has 2 fully saturated rings. The van der Waals surface area contributed by atoms with Crippen molar-refractivity contribution in [2.45, 2.75) is 52.7 Å².